The van der Waals surface area contributed by atoms with Gasteiger partial charge in [0.15, 0.2) is 0 Å². The minimum absolute atomic E-state index is 0. The summed E-state index contributed by atoms with van der Waals surface area (Å²) in [7, 11) is 0. The molecule has 25 heavy (non-hydrogen) atoms. The average molecular weight is 425 g/mol. The molecule has 4 nitrogen and oxygen atoms in total. The number of hydrogen-bond acceptors (Lipinski definition) is 2. The van der Waals surface area contributed by atoms with Crippen molar-refractivity contribution >= 4 is 45.7 Å². The monoisotopic (exact) mass is 423 g/mol. The van der Waals surface area contributed by atoms with Gasteiger partial charge in [-0.05, 0) is 49.2 Å². The molecule has 1 heterocycles. The van der Waals surface area contributed by atoms with Crippen molar-refractivity contribution in [2.45, 2.75) is 13.8 Å². The molecule has 0 aliphatic carbocycles. The number of hydrogen-bond donors (Lipinski definition) is 1. The van der Waals surface area contributed by atoms with Gasteiger partial charge in [-0.2, -0.15) is 0 Å². The predicted octanol–water partition coefficient (Wildman–Crippen LogP) is 4.84. The Balaban J connectivity index is 0.00000225. The van der Waals surface area contributed by atoms with Crippen LogP contribution in [0.4, 0.5) is 16.2 Å². The van der Waals surface area contributed by atoms with E-state index in [1.807, 2.05) is 29.2 Å². The van der Waals surface area contributed by atoms with E-state index in [9.17, 15) is 4.79 Å². The predicted molar refractivity (Wildman–Crippen MR) is 110 cm³/mol. The topological polar surface area (TPSA) is 35.6 Å². The fourth-order valence-electron chi connectivity index (χ4n) is 3.00. The van der Waals surface area contributed by atoms with E-state index in [2.05, 4.69) is 58.2 Å². The fraction of sp³-hybridized carbons (Fsp3) is 0.316. The van der Waals surface area contributed by atoms with E-state index in [-0.39, 0.29) is 18.4 Å². The van der Waals surface area contributed by atoms with Gasteiger partial charge in [0.05, 0.1) is 0 Å². The van der Waals surface area contributed by atoms with Crippen molar-refractivity contribution in [2.75, 3.05) is 36.4 Å². The van der Waals surface area contributed by atoms with E-state index in [0.29, 0.717) is 0 Å². The van der Waals surface area contributed by atoms with Crippen molar-refractivity contribution < 1.29 is 4.79 Å². The lowest BCUT2D eigenvalue weighted by Gasteiger charge is -2.37. The molecule has 6 heteroatoms. The lowest BCUT2D eigenvalue weighted by Crippen LogP contribution is -2.50. The van der Waals surface area contributed by atoms with Crippen molar-refractivity contribution in [1.82, 2.24) is 4.90 Å². The third-order valence-electron chi connectivity index (χ3n) is 4.56. The van der Waals surface area contributed by atoms with E-state index in [1.54, 1.807) is 0 Å². The lowest BCUT2D eigenvalue weighted by molar-refractivity contribution is 0.208. The summed E-state index contributed by atoms with van der Waals surface area (Å²) >= 11 is 3.42. The van der Waals surface area contributed by atoms with E-state index in [0.717, 1.165) is 36.3 Å². The molecule has 2 aromatic carbocycles. The van der Waals surface area contributed by atoms with Crippen molar-refractivity contribution in [2.24, 2.45) is 0 Å². The van der Waals surface area contributed by atoms with Crippen LogP contribution in [0.3, 0.4) is 0 Å². The summed E-state index contributed by atoms with van der Waals surface area (Å²) in [6, 6.07) is 14.0. The molecule has 134 valence electrons. The quantitative estimate of drug-likeness (QED) is 0.748. The third-order valence-corrected chi connectivity index (χ3v) is 5.05. The number of anilines is 2. The number of benzene rings is 2. The van der Waals surface area contributed by atoms with Crippen LogP contribution in [0.1, 0.15) is 11.1 Å². The Morgan fingerprint density at radius 3 is 2.40 bits per heavy atom. The third kappa shape index (κ3) is 4.67. The molecule has 0 spiro atoms. The highest BCUT2D eigenvalue weighted by Gasteiger charge is 2.22. The number of amides is 2. The maximum absolute atomic E-state index is 12.4. The number of nitrogens with one attached hydrogen (secondary N) is 1. The first-order valence-electron chi connectivity index (χ1n) is 8.17. The molecule has 1 aliphatic heterocycles. The Morgan fingerprint density at radius 2 is 1.72 bits per heavy atom. The van der Waals surface area contributed by atoms with Gasteiger partial charge < -0.3 is 15.1 Å². The molecule has 2 aromatic rings. The molecule has 1 aliphatic rings. The van der Waals surface area contributed by atoms with Gasteiger partial charge in [-0.1, -0.05) is 34.1 Å². The van der Waals surface area contributed by atoms with E-state index in [1.165, 1.54) is 16.8 Å². The SMILES string of the molecule is Cc1cccc(N2CCN(C(=O)Nc3cccc(Br)c3)CC2)c1C.Cl. The molecule has 0 aromatic heterocycles. The molecular weight excluding hydrogens is 402 g/mol. The van der Waals surface area contributed by atoms with Gasteiger partial charge in [0.1, 0.15) is 0 Å². The van der Waals surface area contributed by atoms with Gasteiger partial charge in [0, 0.05) is 42.0 Å². The Hall–Kier alpha value is -1.72. The summed E-state index contributed by atoms with van der Waals surface area (Å²) in [5.41, 5.74) is 4.72. The summed E-state index contributed by atoms with van der Waals surface area (Å²) in [5, 5.41) is 2.97. The van der Waals surface area contributed by atoms with Crippen LogP contribution < -0.4 is 10.2 Å². The Kier molecular flexibility index (Phi) is 6.73. The average Bonchev–Trinajstić information content (AvgIpc) is 2.57. The number of carbonyl (C=O) groups excluding carboxylic acids is 1. The number of aryl methyl sites for hydroxylation is 1. The van der Waals surface area contributed by atoms with Gasteiger partial charge >= 0.3 is 6.03 Å². The maximum atomic E-state index is 12.4. The zero-order valence-corrected chi connectivity index (χ0v) is 16.9. The smallest absolute Gasteiger partial charge is 0.321 e. The van der Waals surface area contributed by atoms with Gasteiger partial charge in [-0.3, -0.25) is 0 Å². The van der Waals surface area contributed by atoms with Crippen molar-refractivity contribution in [3.8, 4) is 0 Å². The fourth-order valence-corrected chi connectivity index (χ4v) is 3.40. The van der Waals surface area contributed by atoms with Crippen LogP contribution >= 0.6 is 28.3 Å². The van der Waals surface area contributed by atoms with Crippen molar-refractivity contribution in [1.29, 1.82) is 0 Å². The zero-order valence-electron chi connectivity index (χ0n) is 14.5. The molecule has 2 amide bonds. The first-order chi connectivity index (χ1) is 11.5. The van der Waals surface area contributed by atoms with Gasteiger partial charge in [-0.25, -0.2) is 4.79 Å². The van der Waals surface area contributed by atoms with Crippen LogP contribution in [-0.4, -0.2) is 37.1 Å². The summed E-state index contributed by atoms with van der Waals surface area (Å²) in [4.78, 5) is 16.7. The maximum Gasteiger partial charge on any atom is 0.321 e. The van der Waals surface area contributed by atoms with Gasteiger partial charge in [0.2, 0.25) is 0 Å². The molecule has 1 fully saturated rings. The van der Waals surface area contributed by atoms with Crippen LogP contribution in [0.5, 0.6) is 0 Å². The van der Waals surface area contributed by atoms with Gasteiger partial charge in [-0.15, -0.1) is 12.4 Å². The molecule has 0 radical (unpaired) electrons. The number of piperazine rings is 1. The number of halogens is 2. The lowest BCUT2D eigenvalue weighted by atomic mass is 10.1. The molecule has 1 saturated heterocycles. The number of urea groups is 1. The first-order valence-corrected chi connectivity index (χ1v) is 8.96. The van der Waals surface area contributed by atoms with Crippen molar-refractivity contribution in [3.63, 3.8) is 0 Å². The second-order valence-electron chi connectivity index (χ2n) is 6.13. The van der Waals surface area contributed by atoms with E-state index in [4.69, 9.17) is 0 Å². The molecule has 1 N–H and O–H groups in total. The molecule has 0 bridgehead atoms. The number of carbonyl (C=O) groups is 1. The normalized spacial score (nSPS) is 14.0. The molecule has 0 unspecified atom stereocenters. The molecule has 0 saturated carbocycles. The second-order valence-corrected chi connectivity index (χ2v) is 7.05. The number of nitrogens with zero attached hydrogens (tertiary/aromatic N) is 2. The minimum Gasteiger partial charge on any atom is -0.368 e. The van der Waals surface area contributed by atoms with E-state index < -0.39 is 0 Å². The summed E-state index contributed by atoms with van der Waals surface area (Å²) in [6.45, 7) is 7.48. The Morgan fingerprint density at radius 1 is 1.04 bits per heavy atom. The molecular formula is C19H23BrClN3O. The highest BCUT2D eigenvalue weighted by atomic mass is 79.9. The van der Waals surface area contributed by atoms with E-state index >= 15 is 0 Å². The van der Waals surface area contributed by atoms with Crippen LogP contribution in [-0.2, 0) is 0 Å². The Bertz CT molecular complexity index is 745. The summed E-state index contributed by atoms with van der Waals surface area (Å²) in [6.07, 6.45) is 0. The molecule has 3 rings (SSSR count). The summed E-state index contributed by atoms with van der Waals surface area (Å²) in [5.74, 6) is 0. The highest BCUT2D eigenvalue weighted by Crippen LogP contribution is 2.24. The Labute approximate surface area is 163 Å². The number of rotatable bonds is 2. The molecule has 0 atom stereocenters. The van der Waals surface area contributed by atoms with Crippen LogP contribution in [0, 0.1) is 13.8 Å². The minimum atomic E-state index is -0.0336. The summed E-state index contributed by atoms with van der Waals surface area (Å²) < 4.78 is 0.958. The first kappa shape index (κ1) is 19.6. The van der Waals surface area contributed by atoms with Crippen LogP contribution in [0.2, 0.25) is 0 Å². The second kappa shape index (κ2) is 8.59. The van der Waals surface area contributed by atoms with Crippen LogP contribution in [0.15, 0.2) is 46.9 Å². The largest absolute Gasteiger partial charge is 0.368 e. The van der Waals surface area contributed by atoms with Crippen molar-refractivity contribution in [3.05, 3.63) is 58.1 Å². The highest BCUT2D eigenvalue weighted by molar-refractivity contribution is 9.10. The van der Waals surface area contributed by atoms with Crippen LogP contribution in [0.25, 0.3) is 0 Å². The zero-order chi connectivity index (χ0) is 17.1. The standard InChI is InChI=1S/C19H22BrN3O.ClH/c1-14-5-3-8-18(15(14)2)22-9-11-23(12-10-22)19(24)21-17-7-4-6-16(20)13-17;/h3-8,13H,9-12H2,1-2H3,(H,21,24);1H. The van der Waals surface area contributed by atoms with Gasteiger partial charge in [0.25, 0.3) is 0 Å².